The molecule has 204 valence electrons. The summed E-state index contributed by atoms with van der Waals surface area (Å²) in [5.74, 6) is -2.05. The molecule has 2 aliphatic rings. The molecule has 2 fully saturated rings. The Morgan fingerprint density at radius 3 is 2.69 bits per heavy atom. The maximum Gasteiger partial charge on any atom is 0.255 e. The first kappa shape index (κ1) is 25.3. The normalized spacial score (nSPS) is 20.9. The van der Waals surface area contributed by atoms with E-state index in [-0.39, 0.29) is 25.3 Å². The number of carbonyl (C=O) groups is 2. The van der Waals surface area contributed by atoms with E-state index in [1.807, 2.05) is 6.92 Å². The van der Waals surface area contributed by atoms with Crippen molar-refractivity contribution in [1.29, 1.82) is 0 Å². The molecule has 1 saturated carbocycles. The molecule has 11 heteroatoms. The summed E-state index contributed by atoms with van der Waals surface area (Å²) >= 11 is 0. The van der Waals surface area contributed by atoms with Crippen LogP contribution in [0.2, 0.25) is 0 Å². The summed E-state index contributed by atoms with van der Waals surface area (Å²) in [6, 6.07) is 6.18. The molecule has 1 atom stereocenters. The van der Waals surface area contributed by atoms with E-state index in [0.29, 0.717) is 63.4 Å². The van der Waals surface area contributed by atoms with Gasteiger partial charge >= 0.3 is 0 Å². The van der Waals surface area contributed by atoms with Crippen molar-refractivity contribution in [1.82, 2.24) is 19.8 Å². The molecule has 0 bridgehead atoms. The third-order valence-electron chi connectivity index (χ3n) is 7.58. The third-order valence-corrected chi connectivity index (χ3v) is 7.58. The lowest BCUT2D eigenvalue weighted by Crippen LogP contribution is -2.50. The van der Waals surface area contributed by atoms with Crippen molar-refractivity contribution in [2.75, 3.05) is 13.1 Å². The molecule has 4 aromatic rings. The van der Waals surface area contributed by atoms with Gasteiger partial charge in [-0.3, -0.25) is 9.59 Å². The number of nitrogens with zero attached hydrogens (tertiary/aromatic N) is 3. The molecule has 2 amide bonds. The van der Waals surface area contributed by atoms with Crippen LogP contribution in [-0.4, -0.2) is 62.1 Å². The van der Waals surface area contributed by atoms with Crippen LogP contribution in [0, 0.1) is 13.8 Å². The number of ether oxygens (including phenoxy) is 1. The molecule has 1 aromatic carbocycles. The van der Waals surface area contributed by atoms with E-state index in [1.54, 1.807) is 59.9 Å². The number of aryl methyl sites for hydroxylation is 2. The first-order valence-electron chi connectivity index (χ1n) is 12.8. The average molecular weight is 539 g/mol. The predicted molar refractivity (Wildman–Crippen MR) is 138 cm³/mol. The molecule has 9 nitrogen and oxygen atoms in total. The van der Waals surface area contributed by atoms with Gasteiger partial charge in [0, 0.05) is 55.7 Å². The van der Waals surface area contributed by atoms with Crippen LogP contribution >= 0.6 is 0 Å². The predicted octanol–water partition coefficient (Wildman–Crippen LogP) is 4.61. The van der Waals surface area contributed by atoms with Crippen LogP contribution in [0.25, 0.3) is 16.5 Å². The van der Waals surface area contributed by atoms with Crippen LogP contribution in [0.3, 0.4) is 0 Å². The molecule has 3 aromatic heterocycles. The number of carbonyl (C=O) groups excluding carboxylic acids is 2. The van der Waals surface area contributed by atoms with E-state index in [2.05, 4.69) is 10.4 Å². The zero-order valence-electron chi connectivity index (χ0n) is 21.8. The van der Waals surface area contributed by atoms with Crippen molar-refractivity contribution in [3.8, 4) is 11.5 Å². The van der Waals surface area contributed by atoms with Gasteiger partial charge in [-0.25, -0.2) is 13.3 Å². The largest absolute Gasteiger partial charge is 0.460 e. The molecule has 0 spiro atoms. The summed E-state index contributed by atoms with van der Waals surface area (Å²) in [6.45, 7) is 5.94. The number of fused-ring (bicyclic) bond motifs is 2. The zero-order chi connectivity index (χ0) is 27.7. The summed E-state index contributed by atoms with van der Waals surface area (Å²) in [5.41, 5.74) is 1.64. The molecule has 39 heavy (non-hydrogen) atoms. The van der Waals surface area contributed by atoms with Crippen molar-refractivity contribution in [3.63, 3.8) is 0 Å². The number of benzene rings is 1. The first-order chi connectivity index (χ1) is 18.4. The topological polar surface area (TPSA) is 109 Å². The quantitative estimate of drug-likeness (QED) is 0.384. The van der Waals surface area contributed by atoms with Gasteiger partial charge in [0.1, 0.15) is 22.6 Å². The summed E-state index contributed by atoms with van der Waals surface area (Å²) in [4.78, 5) is 27.6. The second-order valence-electron chi connectivity index (χ2n) is 10.9. The van der Waals surface area contributed by atoms with Crippen LogP contribution in [0.5, 0.6) is 11.5 Å². The Balaban J connectivity index is 1.26. The van der Waals surface area contributed by atoms with Crippen LogP contribution in [-0.2, 0) is 0 Å². The van der Waals surface area contributed by atoms with Gasteiger partial charge in [-0.15, -0.1) is 0 Å². The van der Waals surface area contributed by atoms with Crippen molar-refractivity contribution in [2.45, 2.75) is 57.6 Å². The maximum absolute atomic E-state index is 13.2. The Bertz CT molecular complexity index is 1630. The SMILES string of the molecule is Cc1oc2cc(Oc3ccnn4cc(C(=O)N5CC[C@@](C)(O)C5)c(C)c34)ccc2c1C(=O)NC1CC(F)(F)C1. The Labute approximate surface area is 222 Å². The number of aliphatic hydroxyl groups is 1. The highest BCUT2D eigenvalue weighted by Gasteiger charge is 2.46. The molecule has 1 aliphatic carbocycles. The standard InChI is InChI=1S/C28H28F2N4O5/c1-15-20(26(36)33-9-7-27(3,37)14-33)13-34-24(15)21(6-8-31-34)39-18-4-5-19-22(10-18)38-16(2)23(19)25(35)32-17-11-28(29,30)12-17/h4-6,8,10,13,17,37H,7,9,11-12,14H2,1-3H3,(H,32,35)/t27-/m1/s1. The van der Waals surface area contributed by atoms with Gasteiger partial charge in [0.25, 0.3) is 17.7 Å². The van der Waals surface area contributed by atoms with Gasteiger partial charge in [0.15, 0.2) is 5.75 Å². The first-order valence-corrected chi connectivity index (χ1v) is 12.8. The number of halogens is 2. The van der Waals surface area contributed by atoms with Gasteiger partial charge in [-0.1, -0.05) is 0 Å². The fraction of sp³-hybridized carbons (Fsp3) is 0.393. The maximum atomic E-state index is 13.2. The van der Waals surface area contributed by atoms with Gasteiger partial charge in [0.05, 0.1) is 22.9 Å². The molecule has 4 heterocycles. The fourth-order valence-electron chi connectivity index (χ4n) is 5.50. The fourth-order valence-corrected chi connectivity index (χ4v) is 5.50. The molecule has 0 unspecified atom stereocenters. The molecule has 0 radical (unpaired) electrons. The Hall–Kier alpha value is -3.99. The molecule has 6 rings (SSSR count). The number of nitrogens with one attached hydrogen (secondary N) is 1. The van der Waals surface area contributed by atoms with Crippen LogP contribution in [0.4, 0.5) is 8.78 Å². The van der Waals surface area contributed by atoms with E-state index < -0.39 is 23.5 Å². The number of hydrogen-bond acceptors (Lipinski definition) is 6. The lowest BCUT2D eigenvalue weighted by molar-refractivity contribution is -0.0901. The second-order valence-corrected chi connectivity index (χ2v) is 10.9. The van der Waals surface area contributed by atoms with Crippen molar-refractivity contribution < 1.29 is 32.6 Å². The van der Waals surface area contributed by atoms with E-state index in [0.717, 1.165) is 0 Å². The molecule has 1 saturated heterocycles. The number of hydrogen-bond donors (Lipinski definition) is 2. The smallest absolute Gasteiger partial charge is 0.255 e. The highest BCUT2D eigenvalue weighted by atomic mass is 19.3. The summed E-state index contributed by atoms with van der Waals surface area (Å²) < 4.78 is 40.0. The van der Waals surface area contributed by atoms with E-state index in [1.165, 1.54) is 0 Å². The van der Waals surface area contributed by atoms with Gasteiger partial charge in [-0.2, -0.15) is 5.10 Å². The van der Waals surface area contributed by atoms with E-state index in [9.17, 15) is 23.5 Å². The number of β-amino-alcohol motifs (C(OH)–C–C–N with tert-alkyl or cyclic N) is 1. The number of rotatable bonds is 5. The Kier molecular flexibility index (Phi) is 5.69. The minimum atomic E-state index is -2.72. The van der Waals surface area contributed by atoms with E-state index >= 15 is 0 Å². The summed E-state index contributed by atoms with van der Waals surface area (Å²) in [6.07, 6.45) is 3.02. The van der Waals surface area contributed by atoms with Crippen LogP contribution < -0.4 is 10.1 Å². The number of furan rings is 1. The van der Waals surface area contributed by atoms with E-state index in [4.69, 9.17) is 9.15 Å². The third kappa shape index (κ3) is 4.50. The average Bonchev–Trinajstić information content (AvgIpc) is 3.49. The van der Waals surface area contributed by atoms with Gasteiger partial charge in [0.2, 0.25) is 0 Å². The highest BCUT2D eigenvalue weighted by molar-refractivity contribution is 6.07. The van der Waals surface area contributed by atoms with Crippen molar-refractivity contribution >= 4 is 28.3 Å². The Morgan fingerprint density at radius 2 is 2.00 bits per heavy atom. The Morgan fingerprint density at radius 1 is 1.23 bits per heavy atom. The zero-order valence-corrected chi connectivity index (χ0v) is 21.8. The number of amides is 2. The number of alkyl halides is 2. The van der Waals surface area contributed by atoms with Gasteiger partial charge < -0.3 is 24.5 Å². The summed E-state index contributed by atoms with van der Waals surface area (Å²) in [5, 5.41) is 17.8. The number of aromatic nitrogens is 2. The molecule has 1 aliphatic heterocycles. The molecular formula is C28H28F2N4O5. The monoisotopic (exact) mass is 538 g/mol. The minimum Gasteiger partial charge on any atom is -0.460 e. The lowest BCUT2D eigenvalue weighted by Gasteiger charge is -2.35. The molecule has 2 N–H and O–H groups in total. The van der Waals surface area contributed by atoms with Crippen molar-refractivity contribution in [2.24, 2.45) is 0 Å². The second kappa shape index (κ2) is 8.77. The lowest BCUT2D eigenvalue weighted by atomic mass is 9.88. The van der Waals surface area contributed by atoms with Crippen LogP contribution in [0.15, 0.2) is 41.1 Å². The summed E-state index contributed by atoms with van der Waals surface area (Å²) in [7, 11) is 0. The molecular weight excluding hydrogens is 510 g/mol. The van der Waals surface area contributed by atoms with Crippen molar-refractivity contribution in [3.05, 3.63) is 59.1 Å². The minimum absolute atomic E-state index is 0.175. The highest BCUT2D eigenvalue weighted by Crippen LogP contribution is 2.38. The van der Waals surface area contributed by atoms with Crippen LogP contribution in [0.1, 0.15) is 58.2 Å². The van der Waals surface area contributed by atoms with Gasteiger partial charge in [-0.05, 0) is 44.9 Å². The number of likely N-dealkylation sites (tertiary alicyclic amines) is 1.